The second-order valence-electron chi connectivity index (χ2n) is 6.22. The number of hydrogen-bond donors (Lipinski definition) is 2. The van der Waals surface area contributed by atoms with Crippen LogP contribution in [0.4, 0.5) is 5.69 Å². The van der Waals surface area contributed by atoms with Crippen molar-refractivity contribution in [3.63, 3.8) is 0 Å². The van der Waals surface area contributed by atoms with Crippen molar-refractivity contribution in [2.75, 3.05) is 5.73 Å². The summed E-state index contributed by atoms with van der Waals surface area (Å²) in [6.07, 6.45) is 3.52. The molecule has 0 aliphatic heterocycles. The Labute approximate surface area is 155 Å². The number of aryl methyl sites for hydroxylation is 1. The van der Waals surface area contributed by atoms with Crippen LogP contribution < -0.4 is 16.0 Å². The summed E-state index contributed by atoms with van der Waals surface area (Å²) < 4.78 is 7.58. The predicted molar refractivity (Wildman–Crippen MR) is 105 cm³/mol. The Hall–Kier alpha value is -3.98. The molecule has 6 heteroatoms. The molecule has 2 aromatic heterocycles. The summed E-state index contributed by atoms with van der Waals surface area (Å²) in [6.45, 7) is 0. The average Bonchev–Trinajstić information content (AvgIpc) is 3.17. The molecule has 0 bridgehead atoms. The molecule has 0 saturated carbocycles. The van der Waals surface area contributed by atoms with E-state index in [1.54, 1.807) is 55.8 Å². The Kier molecular flexibility index (Phi) is 3.90. The van der Waals surface area contributed by atoms with Crippen LogP contribution in [0.15, 0.2) is 65.7 Å². The van der Waals surface area contributed by atoms with Crippen molar-refractivity contribution in [1.29, 1.82) is 5.26 Å². The highest BCUT2D eigenvalue weighted by Gasteiger charge is 2.15. The summed E-state index contributed by atoms with van der Waals surface area (Å²) in [4.78, 5) is 15.3. The minimum Gasteiger partial charge on any atom is -0.457 e. The van der Waals surface area contributed by atoms with Gasteiger partial charge in [0.15, 0.2) is 0 Å². The number of hydrogen-bond acceptors (Lipinski definition) is 4. The zero-order valence-corrected chi connectivity index (χ0v) is 14.6. The SMILES string of the molecule is Cn1cc(-c2cc(N)ccc2Oc2ccc(C#N)cc2)c2cc[nH]c2c1=O. The van der Waals surface area contributed by atoms with Crippen LogP contribution in [0.2, 0.25) is 0 Å². The summed E-state index contributed by atoms with van der Waals surface area (Å²) in [6, 6.07) is 16.2. The molecule has 0 fully saturated rings. The Bertz CT molecular complexity index is 1240. The van der Waals surface area contributed by atoms with Crippen LogP contribution in [-0.2, 0) is 7.05 Å². The van der Waals surface area contributed by atoms with Gasteiger partial charge in [0.1, 0.15) is 17.0 Å². The lowest BCUT2D eigenvalue weighted by atomic mass is 10.0. The van der Waals surface area contributed by atoms with E-state index in [2.05, 4.69) is 11.1 Å². The standard InChI is InChI=1S/C21H16N4O2/c1-25-12-18(16-8-9-24-20(16)21(25)26)17-10-14(23)4-7-19(17)27-15-5-2-13(11-22)3-6-15/h2-10,12,24H,23H2,1H3. The molecule has 0 amide bonds. The van der Waals surface area contributed by atoms with Gasteiger partial charge in [-0.1, -0.05) is 0 Å². The van der Waals surface area contributed by atoms with Gasteiger partial charge in [-0.2, -0.15) is 5.26 Å². The van der Waals surface area contributed by atoms with Crippen LogP contribution in [0.3, 0.4) is 0 Å². The molecular formula is C21H16N4O2. The minimum absolute atomic E-state index is 0.0998. The second-order valence-corrected chi connectivity index (χ2v) is 6.22. The largest absolute Gasteiger partial charge is 0.457 e. The summed E-state index contributed by atoms with van der Waals surface area (Å²) in [7, 11) is 1.71. The lowest BCUT2D eigenvalue weighted by molar-refractivity contribution is 0.484. The molecule has 6 nitrogen and oxygen atoms in total. The van der Waals surface area contributed by atoms with Crippen molar-refractivity contribution in [2.24, 2.45) is 7.05 Å². The molecule has 132 valence electrons. The van der Waals surface area contributed by atoms with Crippen molar-refractivity contribution in [2.45, 2.75) is 0 Å². The molecule has 0 radical (unpaired) electrons. The number of fused-ring (bicyclic) bond motifs is 1. The third-order valence-electron chi connectivity index (χ3n) is 4.40. The number of ether oxygens (including phenoxy) is 1. The molecule has 0 atom stereocenters. The number of aromatic nitrogens is 2. The minimum atomic E-state index is -0.0998. The zero-order chi connectivity index (χ0) is 19.0. The highest BCUT2D eigenvalue weighted by molar-refractivity contribution is 5.96. The van der Waals surface area contributed by atoms with Crippen LogP contribution in [0.1, 0.15) is 5.56 Å². The maximum atomic E-state index is 12.3. The molecule has 0 aliphatic carbocycles. The van der Waals surface area contributed by atoms with Crippen LogP contribution in [0.25, 0.3) is 22.0 Å². The van der Waals surface area contributed by atoms with Gasteiger partial charge in [-0.3, -0.25) is 4.79 Å². The van der Waals surface area contributed by atoms with Gasteiger partial charge < -0.3 is 20.0 Å². The first-order chi connectivity index (χ1) is 13.1. The van der Waals surface area contributed by atoms with E-state index in [-0.39, 0.29) is 5.56 Å². The fourth-order valence-corrected chi connectivity index (χ4v) is 3.06. The van der Waals surface area contributed by atoms with Crippen molar-refractivity contribution >= 4 is 16.6 Å². The Balaban J connectivity index is 1.88. The van der Waals surface area contributed by atoms with Gasteiger partial charge in [0, 0.05) is 41.6 Å². The number of nitrogens with zero attached hydrogens (tertiary/aromatic N) is 2. The van der Waals surface area contributed by atoms with E-state index in [4.69, 9.17) is 15.7 Å². The third-order valence-corrected chi connectivity index (χ3v) is 4.40. The van der Waals surface area contributed by atoms with E-state index < -0.39 is 0 Å². The molecule has 2 aromatic carbocycles. The number of H-pyrrole nitrogens is 1. The molecule has 0 saturated heterocycles. The van der Waals surface area contributed by atoms with Gasteiger partial charge in [0.05, 0.1) is 11.6 Å². The smallest absolute Gasteiger partial charge is 0.274 e. The predicted octanol–water partition coefficient (Wildman–Crippen LogP) is 3.78. The number of benzene rings is 2. The summed E-state index contributed by atoms with van der Waals surface area (Å²) >= 11 is 0. The highest BCUT2D eigenvalue weighted by Crippen LogP contribution is 2.37. The maximum absolute atomic E-state index is 12.3. The van der Waals surface area contributed by atoms with E-state index in [0.29, 0.717) is 28.3 Å². The van der Waals surface area contributed by atoms with E-state index in [1.165, 1.54) is 4.57 Å². The number of aromatic amines is 1. The number of nitrogens with one attached hydrogen (secondary N) is 1. The molecule has 4 rings (SSSR count). The summed E-state index contributed by atoms with van der Waals surface area (Å²) in [5.41, 5.74) is 9.21. The number of nitrogen functional groups attached to an aromatic ring is 1. The van der Waals surface area contributed by atoms with Gasteiger partial charge in [-0.25, -0.2) is 0 Å². The second kappa shape index (κ2) is 6.39. The fraction of sp³-hybridized carbons (Fsp3) is 0.0476. The Morgan fingerprint density at radius 2 is 1.89 bits per heavy atom. The van der Waals surface area contributed by atoms with Gasteiger partial charge in [0.2, 0.25) is 0 Å². The highest BCUT2D eigenvalue weighted by atomic mass is 16.5. The Morgan fingerprint density at radius 1 is 1.11 bits per heavy atom. The normalized spacial score (nSPS) is 10.7. The number of nitriles is 1. The van der Waals surface area contributed by atoms with E-state index >= 15 is 0 Å². The monoisotopic (exact) mass is 356 g/mol. The number of rotatable bonds is 3. The topological polar surface area (TPSA) is 96.8 Å². The molecule has 0 aliphatic rings. The first-order valence-electron chi connectivity index (χ1n) is 8.31. The van der Waals surface area contributed by atoms with Crippen LogP contribution >= 0.6 is 0 Å². The lowest BCUT2D eigenvalue weighted by Crippen LogP contribution is -2.16. The molecule has 0 spiro atoms. The van der Waals surface area contributed by atoms with Crippen molar-refractivity contribution in [3.05, 3.63) is 76.8 Å². The first-order valence-corrected chi connectivity index (χ1v) is 8.31. The van der Waals surface area contributed by atoms with Crippen LogP contribution in [0, 0.1) is 11.3 Å². The maximum Gasteiger partial charge on any atom is 0.274 e. The quantitative estimate of drug-likeness (QED) is 0.546. The van der Waals surface area contributed by atoms with E-state index in [9.17, 15) is 4.79 Å². The number of anilines is 1. The van der Waals surface area contributed by atoms with Crippen molar-refractivity contribution in [1.82, 2.24) is 9.55 Å². The van der Waals surface area contributed by atoms with Crippen LogP contribution in [-0.4, -0.2) is 9.55 Å². The molecule has 27 heavy (non-hydrogen) atoms. The average molecular weight is 356 g/mol. The van der Waals surface area contributed by atoms with E-state index in [0.717, 1.165) is 16.5 Å². The molecule has 0 unspecified atom stereocenters. The summed E-state index contributed by atoms with van der Waals surface area (Å²) in [5, 5.41) is 9.73. The van der Waals surface area contributed by atoms with Crippen molar-refractivity contribution in [3.8, 4) is 28.7 Å². The lowest BCUT2D eigenvalue weighted by Gasteiger charge is -2.14. The fourth-order valence-electron chi connectivity index (χ4n) is 3.06. The van der Waals surface area contributed by atoms with Crippen LogP contribution in [0.5, 0.6) is 11.5 Å². The number of nitrogens with two attached hydrogens (primary N) is 1. The van der Waals surface area contributed by atoms with Gasteiger partial charge in [-0.15, -0.1) is 0 Å². The van der Waals surface area contributed by atoms with Gasteiger partial charge in [-0.05, 0) is 48.5 Å². The molecular weight excluding hydrogens is 340 g/mol. The first kappa shape index (κ1) is 16.5. The summed E-state index contributed by atoms with van der Waals surface area (Å²) in [5.74, 6) is 1.21. The van der Waals surface area contributed by atoms with Gasteiger partial charge >= 0.3 is 0 Å². The number of pyridine rings is 1. The molecule has 2 heterocycles. The molecule has 3 N–H and O–H groups in total. The third kappa shape index (κ3) is 2.92. The zero-order valence-electron chi connectivity index (χ0n) is 14.6. The molecule has 4 aromatic rings. The van der Waals surface area contributed by atoms with E-state index in [1.807, 2.05) is 12.1 Å². The Morgan fingerprint density at radius 3 is 2.63 bits per heavy atom. The van der Waals surface area contributed by atoms with Crippen molar-refractivity contribution < 1.29 is 4.74 Å². The van der Waals surface area contributed by atoms with Gasteiger partial charge in [0.25, 0.3) is 5.56 Å².